The van der Waals surface area contributed by atoms with Gasteiger partial charge in [-0.1, -0.05) is 37.5 Å². The lowest BCUT2D eigenvalue weighted by Gasteiger charge is -2.46. The lowest BCUT2D eigenvalue weighted by Crippen LogP contribution is -2.55. The van der Waals surface area contributed by atoms with Crippen LogP contribution in [0, 0.1) is 11.8 Å². The van der Waals surface area contributed by atoms with Crippen molar-refractivity contribution in [3.05, 3.63) is 77.6 Å². The highest BCUT2D eigenvalue weighted by Crippen LogP contribution is 2.38. The van der Waals surface area contributed by atoms with Crippen molar-refractivity contribution in [2.75, 3.05) is 11.9 Å². The van der Waals surface area contributed by atoms with Crippen molar-refractivity contribution in [1.29, 1.82) is 0 Å². The Labute approximate surface area is 219 Å². The molecule has 2 heterocycles. The molecule has 2 aliphatic carbocycles. The maximum Gasteiger partial charge on any atom is 0.256 e. The SMILES string of the molecule is O=C(Nc1ccc2c(c1)CCC2)[C@H]1CCCN(C(=O)c2ccccc2-n2cccn2)C1C1CCCCC1. The number of nitrogens with zero attached hydrogens (tertiary/aromatic N) is 3. The Kier molecular flexibility index (Phi) is 6.81. The standard InChI is InChI=1S/C31H36N4O2/c36-30(33-25-17-16-22-11-6-12-24(22)21-25)27-14-7-19-34(29(27)23-9-2-1-3-10-23)31(37)26-13-4-5-15-28(26)35-20-8-18-32-35/h4-5,8,13,15-18,20-21,23,27,29H,1-3,6-7,9-12,14,19H2,(H,33,36)/t27-,29?/m0/s1. The largest absolute Gasteiger partial charge is 0.335 e. The minimum Gasteiger partial charge on any atom is -0.335 e. The molecule has 0 radical (unpaired) electrons. The number of fused-ring (bicyclic) bond motifs is 1. The van der Waals surface area contributed by atoms with Crippen LogP contribution in [0.15, 0.2) is 60.9 Å². The number of para-hydroxylation sites is 1. The molecule has 1 aromatic heterocycles. The van der Waals surface area contributed by atoms with Gasteiger partial charge in [0.2, 0.25) is 5.91 Å². The minimum absolute atomic E-state index is 0.0108. The third-order valence-electron chi connectivity index (χ3n) is 8.67. The van der Waals surface area contributed by atoms with E-state index in [1.54, 1.807) is 10.9 Å². The number of hydrogen-bond donors (Lipinski definition) is 1. The zero-order chi connectivity index (χ0) is 25.2. The molecule has 1 N–H and O–H groups in total. The van der Waals surface area contributed by atoms with E-state index >= 15 is 0 Å². The van der Waals surface area contributed by atoms with Gasteiger partial charge in [-0.2, -0.15) is 5.10 Å². The van der Waals surface area contributed by atoms with Crippen molar-refractivity contribution in [2.45, 2.75) is 70.3 Å². The molecule has 1 aliphatic heterocycles. The zero-order valence-corrected chi connectivity index (χ0v) is 21.4. The van der Waals surface area contributed by atoms with E-state index in [1.165, 1.54) is 36.8 Å². The second-order valence-electron chi connectivity index (χ2n) is 10.9. The number of carbonyl (C=O) groups excluding carboxylic acids is 2. The highest BCUT2D eigenvalue weighted by atomic mass is 16.2. The van der Waals surface area contributed by atoms with E-state index in [0.29, 0.717) is 18.0 Å². The molecule has 2 atom stereocenters. The summed E-state index contributed by atoms with van der Waals surface area (Å²) in [5.41, 5.74) is 5.08. The van der Waals surface area contributed by atoms with Crippen LogP contribution < -0.4 is 5.32 Å². The van der Waals surface area contributed by atoms with E-state index in [4.69, 9.17) is 0 Å². The summed E-state index contributed by atoms with van der Waals surface area (Å²) in [6.07, 6.45) is 14.4. The summed E-state index contributed by atoms with van der Waals surface area (Å²) in [5.74, 6) is 0.222. The molecule has 1 unspecified atom stereocenters. The third-order valence-corrected chi connectivity index (χ3v) is 8.67. The van der Waals surface area contributed by atoms with Crippen LogP contribution in [0.4, 0.5) is 5.69 Å². The van der Waals surface area contributed by atoms with Gasteiger partial charge in [0.25, 0.3) is 5.91 Å². The molecule has 6 rings (SSSR count). The number of nitrogens with one attached hydrogen (secondary N) is 1. The van der Waals surface area contributed by atoms with Crippen LogP contribution >= 0.6 is 0 Å². The molecule has 0 bridgehead atoms. The number of likely N-dealkylation sites (tertiary alicyclic amines) is 1. The van der Waals surface area contributed by atoms with E-state index in [1.807, 2.05) is 47.5 Å². The second kappa shape index (κ2) is 10.5. The Balaban J connectivity index is 1.30. The van der Waals surface area contributed by atoms with E-state index in [-0.39, 0.29) is 23.8 Å². The summed E-state index contributed by atoms with van der Waals surface area (Å²) in [7, 11) is 0. The number of hydrogen-bond acceptors (Lipinski definition) is 3. The maximum atomic E-state index is 14.2. The molecular formula is C31H36N4O2. The Morgan fingerprint density at radius 2 is 1.70 bits per heavy atom. The number of carbonyl (C=O) groups is 2. The Bertz CT molecular complexity index is 1260. The summed E-state index contributed by atoms with van der Waals surface area (Å²) in [6, 6.07) is 15.8. The first kappa shape index (κ1) is 24.0. The lowest BCUT2D eigenvalue weighted by atomic mass is 9.74. The first-order valence-electron chi connectivity index (χ1n) is 14.0. The van der Waals surface area contributed by atoms with Crippen molar-refractivity contribution >= 4 is 17.5 Å². The zero-order valence-electron chi connectivity index (χ0n) is 21.4. The molecule has 3 aliphatic rings. The smallest absolute Gasteiger partial charge is 0.256 e. The number of amides is 2. The molecule has 37 heavy (non-hydrogen) atoms. The Morgan fingerprint density at radius 3 is 2.54 bits per heavy atom. The fraction of sp³-hybridized carbons (Fsp3) is 0.452. The molecule has 2 fully saturated rings. The molecule has 192 valence electrons. The van der Waals surface area contributed by atoms with Gasteiger partial charge in [-0.25, -0.2) is 4.68 Å². The van der Waals surface area contributed by atoms with E-state index in [2.05, 4.69) is 22.5 Å². The molecular weight excluding hydrogens is 460 g/mol. The normalized spacial score (nSPS) is 22.0. The monoisotopic (exact) mass is 496 g/mol. The van der Waals surface area contributed by atoms with Crippen molar-refractivity contribution in [3.8, 4) is 5.69 Å². The quantitative estimate of drug-likeness (QED) is 0.485. The highest BCUT2D eigenvalue weighted by Gasteiger charge is 2.43. The molecule has 2 aromatic carbocycles. The van der Waals surface area contributed by atoms with E-state index in [0.717, 1.165) is 49.9 Å². The van der Waals surface area contributed by atoms with Gasteiger partial charge < -0.3 is 10.2 Å². The number of aromatic nitrogens is 2. The lowest BCUT2D eigenvalue weighted by molar-refractivity contribution is -0.124. The van der Waals surface area contributed by atoms with Crippen LogP contribution in [0.2, 0.25) is 0 Å². The van der Waals surface area contributed by atoms with Crippen LogP contribution in [-0.2, 0) is 17.6 Å². The topological polar surface area (TPSA) is 67.2 Å². The summed E-state index contributed by atoms with van der Waals surface area (Å²) < 4.78 is 1.75. The fourth-order valence-electron chi connectivity index (χ4n) is 6.91. The minimum atomic E-state index is -0.203. The molecule has 2 amide bonds. The predicted octanol–water partition coefficient (Wildman–Crippen LogP) is 5.80. The molecule has 0 spiro atoms. The number of benzene rings is 2. The van der Waals surface area contributed by atoms with Crippen molar-refractivity contribution in [2.24, 2.45) is 11.8 Å². The van der Waals surface area contributed by atoms with Crippen LogP contribution in [0.25, 0.3) is 5.69 Å². The Hall–Kier alpha value is -3.41. The highest BCUT2D eigenvalue weighted by molar-refractivity contribution is 5.99. The van der Waals surface area contributed by atoms with Gasteiger partial charge in [0.15, 0.2) is 0 Å². The molecule has 1 saturated heterocycles. The molecule has 6 heteroatoms. The number of anilines is 1. The van der Waals surface area contributed by atoms with Crippen LogP contribution in [0.5, 0.6) is 0 Å². The van der Waals surface area contributed by atoms with E-state index in [9.17, 15) is 9.59 Å². The first-order chi connectivity index (χ1) is 18.2. The predicted molar refractivity (Wildman–Crippen MR) is 145 cm³/mol. The van der Waals surface area contributed by atoms with Crippen molar-refractivity contribution in [1.82, 2.24) is 14.7 Å². The molecule has 3 aromatic rings. The van der Waals surface area contributed by atoms with Gasteiger partial charge in [0.1, 0.15) is 0 Å². The average molecular weight is 497 g/mol. The van der Waals surface area contributed by atoms with Gasteiger partial charge >= 0.3 is 0 Å². The van der Waals surface area contributed by atoms with Gasteiger partial charge in [-0.15, -0.1) is 0 Å². The van der Waals surface area contributed by atoms with Crippen LogP contribution in [0.1, 0.15) is 72.9 Å². The van der Waals surface area contributed by atoms with Gasteiger partial charge in [0, 0.05) is 30.7 Å². The van der Waals surface area contributed by atoms with Gasteiger partial charge in [-0.3, -0.25) is 9.59 Å². The van der Waals surface area contributed by atoms with Crippen LogP contribution in [-0.4, -0.2) is 39.1 Å². The summed E-state index contributed by atoms with van der Waals surface area (Å²) in [6.45, 7) is 0.691. The van der Waals surface area contributed by atoms with Gasteiger partial charge in [-0.05, 0) is 92.3 Å². The first-order valence-corrected chi connectivity index (χ1v) is 14.0. The number of rotatable bonds is 5. The third kappa shape index (κ3) is 4.81. The number of piperidine rings is 1. The molecule has 6 nitrogen and oxygen atoms in total. The molecule has 1 saturated carbocycles. The van der Waals surface area contributed by atoms with Crippen molar-refractivity contribution in [3.63, 3.8) is 0 Å². The second-order valence-corrected chi connectivity index (χ2v) is 10.9. The van der Waals surface area contributed by atoms with E-state index < -0.39 is 0 Å². The fourth-order valence-corrected chi connectivity index (χ4v) is 6.91. The maximum absolute atomic E-state index is 14.2. The average Bonchev–Trinajstić information content (AvgIpc) is 3.65. The summed E-state index contributed by atoms with van der Waals surface area (Å²) in [4.78, 5) is 30.0. The Morgan fingerprint density at radius 1 is 0.865 bits per heavy atom. The van der Waals surface area contributed by atoms with Crippen LogP contribution in [0.3, 0.4) is 0 Å². The summed E-state index contributed by atoms with van der Waals surface area (Å²) in [5, 5.41) is 7.63. The number of aryl methyl sites for hydroxylation is 2. The van der Waals surface area contributed by atoms with Gasteiger partial charge in [0.05, 0.1) is 17.2 Å². The summed E-state index contributed by atoms with van der Waals surface area (Å²) >= 11 is 0. The van der Waals surface area contributed by atoms with Crippen molar-refractivity contribution < 1.29 is 9.59 Å².